The molecule has 6 nitrogen and oxygen atoms in total. The Morgan fingerprint density at radius 1 is 1.23 bits per heavy atom. The summed E-state index contributed by atoms with van der Waals surface area (Å²) in [5.41, 5.74) is 1.36. The number of hydrogen-bond donors (Lipinski definition) is 1. The molecule has 0 bridgehead atoms. The maximum atomic E-state index is 13.0. The number of nitrogens with zero attached hydrogens (tertiary/aromatic N) is 4. The Balaban J connectivity index is 1.51. The Morgan fingerprint density at radius 2 is 2.00 bits per heavy atom. The Hall–Kier alpha value is -3.20. The van der Waals surface area contributed by atoms with Gasteiger partial charge in [-0.3, -0.25) is 9.78 Å². The van der Waals surface area contributed by atoms with Crippen LogP contribution in [0.5, 0.6) is 0 Å². The number of aromatic nitrogens is 4. The summed E-state index contributed by atoms with van der Waals surface area (Å²) in [5, 5.41) is 8.76. The van der Waals surface area contributed by atoms with E-state index in [2.05, 4.69) is 38.3 Å². The van der Waals surface area contributed by atoms with E-state index in [1.54, 1.807) is 0 Å². The van der Waals surface area contributed by atoms with Gasteiger partial charge in [0.1, 0.15) is 17.2 Å². The van der Waals surface area contributed by atoms with Gasteiger partial charge < -0.3 is 5.32 Å². The number of para-hydroxylation sites is 1. The molecule has 1 unspecified atom stereocenters. The van der Waals surface area contributed by atoms with E-state index >= 15 is 0 Å². The van der Waals surface area contributed by atoms with Gasteiger partial charge in [-0.25, -0.2) is 9.67 Å². The standard InChI is InChI=1S/C25H29N5O/c1-18(30-20(3)27-19(2)29-30)15-24(31)28-25(12-7-4-8-13-25)14-11-21-16-22-9-5-6-10-23(22)26-17-21/h5-6,9-10,16-18H,4,7-8,12-13,15H2,1-3H3,(H,28,31). The predicted molar refractivity (Wildman–Crippen MR) is 121 cm³/mol. The highest BCUT2D eigenvalue weighted by Crippen LogP contribution is 2.28. The van der Waals surface area contributed by atoms with E-state index in [9.17, 15) is 4.79 Å². The second-order valence-corrected chi connectivity index (χ2v) is 8.56. The second kappa shape index (κ2) is 8.89. The fourth-order valence-corrected chi connectivity index (χ4v) is 4.39. The van der Waals surface area contributed by atoms with Gasteiger partial charge in [0.2, 0.25) is 5.91 Å². The van der Waals surface area contributed by atoms with Gasteiger partial charge in [-0.1, -0.05) is 49.3 Å². The Kier molecular flexibility index (Phi) is 6.03. The SMILES string of the molecule is Cc1nc(C)n(C(C)CC(=O)NC2(C#Cc3cnc4ccccc4c3)CCCCC2)n1. The molecule has 1 amide bonds. The first-order valence-corrected chi connectivity index (χ1v) is 11.0. The van der Waals surface area contributed by atoms with Crippen LogP contribution in [0.25, 0.3) is 10.9 Å². The van der Waals surface area contributed by atoms with Crippen LogP contribution in [-0.4, -0.2) is 31.2 Å². The van der Waals surface area contributed by atoms with E-state index < -0.39 is 5.54 Å². The molecule has 3 aromatic rings. The largest absolute Gasteiger partial charge is 0.340 e. The van der Waals surface area contributed by atoms with Crippen LogP contribution in [0.15, 0.2) is 36.5 Å². The van der Waals surface area contributed by atoms with E-state index in [0.29, 0.717) is 6.42 Å². The zero-order valence-electron chi connectivity index (χ0n) is 18.5. The number of carbonyl (C=O) groups is 1. The molecule has 0 saturated heterocycles. The first-order valence-electron chi connectivity index (χ1n) is 11.0. The topological polar surface area (TPSA) is 72.7 Å². The number of carbonyl (C=O) groups excluding carboxylic acids is 1. The number of nitrogens with one attached hydrogen (secondary N) is 1. The number of amides is 1. The van der Waals surface area contributed by atoms with Crippen molar-refractivity contribution in [3.63, 3.8) is 0 Å². The molecule has 1 saturated carbocycles. The summed E-state index contributed by atoms with van der Waals surface area (Å²) >= 11 is 0. The first-order chi connectivity index (χ1) is 14.9. The molecule has 1 aliphatic carbocycles. The predicted octanol–water partition coefficient (Wildman–Crippen LogP) is 4.27. The van der Waals surface area contributed by atoms with Crippen LogP contribution in [0.1, 0.15) is 68.7 Å². The fourth-order valence-electron chi connectivity index (χ4n) is 4.39. The van der Waals surface area contributed by atoms with Crippen LogP contribution >= 0.6 is 0 Å². The molecule has 1 N–H and O–H groups in total. The molecular weight excluding hydrogens is 386 g/mol. The number of rotatable bonds is 4. The Bertz CT molecular complexity index is 1150. The molecule has 2 aromatic heterocycles. The van der Waals surface area contributed by atoms with Gasteiger partial charge in [-0.15, -0.1) is 0 Å². The maximum absolute atomic E-state index is 13.0. The molecule has 0 aliphatic heterocycles. The zero-order valence-corrected chi connectivity index (χ0v) is 18.5. The fraction of sp³-hybridized carbons (Fsp3) is 0.440. The third-order valence-electron chi connectivity index (χ3n) is 5.93. The highest BCUT2D eigenvalue weighted by atomic mass is 16.1. The lowest BCUT2D eigenvalue weighted by Crippen LogP contribution is -2.49. The Morgan fingerprint density at radius 3 is 2.74 bits per heavy atom. The van der Waals surface area contributed by atoms with Gasteiger partial charge in [0.15, 0.2) is 0 Å². The summed E-state index contributed by atoms with van der Waals surface area (Å²) < 4.78 is 1.83. The van der Waals surface area contributed by atoms with Crippen LogP contribution in [0, 0.1) is 25.7 Å². The molecule has 1 fully saturated rings. The maximum Gasteiger partial charge on any atom is 0.223 e. The van der Waals surface area contributed by atoms with Gasteiger partial charge in [0, 0.05) is 23.6 Å². The molecule has 160 valence electrons. The average Bonchev–Trinajstić information content (AvgIpc) is 3.11. The van der Waals surface area contributed by atoms with Crippen molar-refractivity contribution in [2.75, 3.05) is 0 Å². The molecular formula is C25H29N5O. The van der Waals surface area contributed by atoms with Crippen LogP contribution < -0.4 is 5.32 Å². The minimum atomic E-state index is -0.478. The molecule has 0 radical (unpaired) electrons. The zero-order chi connectivity index (χ0) is 21.8. The number of pyridine rings is 1. The molecule has 0 spiro atoms. The lowest BCUT2D eigenvalue weighted by molar-refractivity contribution is -0.123. The van der Waals surface area contributed by atoms with Crippen LogP contribution in [0.4, 0.5) is 0 Å². The molecule has 2 heterocycles. The summed E-state index contributed by atoms with van der Waals surface area (Å²) in [7, 11) is 0. The van der Waals surface area contributed by atoms with Crippen LogP contribution in [0.2, 0.25) is 0 Å². The first kappa shape index (κ1) is 21.0. The van der Waals surface area contributed by atoms with E-state index in [1.807, 2.05) is 55.9 Å². The molecule has 1 aromatic carbocycles. The second-order valence-electron chi connectivity index (χ2n) is 8.56. The molecule has 1 atom stereocenters. The van der Waals surface area contributed by atoms with Crippen molar-refractivity contribution in [1.29, 1.82) is 0 Å². The molecule has 4 rings (SSSR count). The van der Waals surface area contributed by atoms with Crippen LogP contribution in [-0.2, 0) is 4.79 Å². The lowest BCUT2D eigenvalue weighted by Gasteiger charge is -2.34. The van der Waals surface area contributed by atoms with Crippen molar-refractivity contribution in [2.45, 2.75) is 70.9 Å². The quantitative estimate of drug-likeness (QED) is 0.646. The molecule has 6 heteroatoms. The smallest absolute Gasteiger partial charge is 0.223 e. The summed E-state index contributed by atoms with van der Waals surface area (Å²) in [5.74, 6) is 8.27. The van der Waals surface area contributed by atoms with Gasteiger partial charge in [0.25, 0.3) is 0 Å². The summed E-state index contributed by atoms with van der Waals surface area (Å²) in [6.45, 7) is 5.78. The van der Waals surface area contributed by atoms with Crippen molar-refractivity contribution in [1.82, 2.24) is 25.1 Å². The van der Waals surface area contributed by atoms with Crippen molar-refractivity contribution in [2.24, 2.45) is 0 Å². The van der Waals surface area contributed by atoms with E-state index in [4.69, 9.17) is 0 Å². The summed E-state index contributed by atoms with van der Waals surface area (Å²) in [6, 6.07) is 10.0. The number of aryl methyl sites for hydroxylation is 2. The summed E-state index contributed by atoms with van der Waals surface area (Å²) in [4.78, 5) is 21.8. The lowest BCUT2D eigenvalue weighted by atomic mass is 9.81. The van der Waals surface area contributed by atoms with E-state index in [-0.39, 0.29) is 11.9 Å². The minimum absolute atomic E-state index is 0.00731. The van der Waals surface area contributed by atoms with Crippen LogP contribution in [0.3, 0.4) is 0 Å². The summed E-state index contributed by atoms with van der Waals surface area (Å²) in [6.07, 6.45) is 7.25. The van der Waals surface area contributed by atoms with Crippen molar-refractivity contribution in [3.05, 3.63) is 53.7 Å². The highest BCUT2D eigenvalue weighted by molar-refractivity contribution is 5.80. The van der Waals surface area contributed by atoms with Gasteiger partial charge in [0.05, 0.1) is 11.6 Å². The van der Waals surface area contributed by atoms with Gasteiger partial charge in [-0.2, -0.15) is 5.10 Å². The van der Waals surface area contributed by atoms with Gasteiger partial charge in [-0.05, 0) is 45.7 Å². The third kappa shape index (κ3) is 4.93. The van der Waals surface area contributed by atoms with Crippen molar-refractivity contribution >= 4 is 16.8 Å². The number of benzene rings is 1. The monoisotopic (exact) mass is 415 g/mol. The normalized spacial score (nSPS) is 16.4. The average molecular weight is 416 g/mol. The number of fused-ring (bicyclic) bond motifs is 1. The van der Waals surface area contributed by atoms with E-state index in [1.165, 1.54) is 6.42 Å². The third-order valence-corrected chi connectivity index (χ3v) is 5.93. The molecule has 31 heavy (non-hydrogen) atoms. The van der Waals surface area contributed by atoms with E-state index in [0.717, 1.165) is 53.8 Å². The highest BCUT2D eigenvalue weighted by Gasteiger charge is 2.32. The molecule has 1 aliphatic rings. The van der Waals surface area contributed by atoms with Gasteiger partial charge >= 0.3 is 0 Å². The van der Waals surface area contributed by atoms with Crippen molar-refractivity contribution < 1.29 is 4.79 Å². The minimum Gasteiger partial charge on any atom is -0.340 e. The number of hydrogen-bond acceptors (Lipinski definition) is 4. The Labute approximate surface area is 183 Å². The van der Waals surface area contributed by atoms with Crippen molar-refractivity contribution in [3.8, 4) is 11.8 Å².